The van der Waals surface area contributed by atoms with E-state index < -0.39 is 11.9 Å². The summed E-state index contributed by atoms with van der Waals surface area (Å²) in [5.41, 5.74) is 3.62. The number of nitrogens with one attached hydrogen (secondary N) is 3. The predicted molar refractivity (Wildman–Crippen MR) is 112 cm³/mol. The molecule has 0 fully saturated rings. The predicted octanol–water partition coefficient (Wildman–Crippen LogP) is 2.79. The van der Waals surface area contributed by atoms with Gasteiger partial charge in [-0.15, -0.1) is 0 Å². The Labute approximate surface area is 173 Å². The fourth-order valence-corrected chi connectivity index (χ4v) is 2.89. The molecule has 0 saturated heterocycles. The molecule has 3 rings (SSSR count). The molecule has 0 heterocycles. The van der Waals surface area contributed by atoms with Crippen molar-refractivity contribution >= 4 is 23.4 Å². The Balaban J connectivity index is 1.75. The lowest BCUT2D eigenvalue weighted by molar-refractivity contribution is -0.118. The van der Waals surface area contributed by atoms with E-state index in [4.69, 9.17) is 5.21 Å². The summed E-state index contributed by atoms with van der Waals surface area (Å²) in [6.07, 6.45) is 0.316. The van der Waals surface area contributed by atoms with E-state index in [1.165, 1.54) is 12.1 Å². The van der Waals surface area contributed by atoms with Crippen LogP contribution < -0.4 is 16.1 Å². The van der Waals surface area contributed by atoms with E-state index in [2.05, 4.69) is 10.6 Å². The Bertz CT molecular complexity index is 1010. The van der Waals surface area contributed by atoms with Gasteiger partial charge in [0, 0.05) is 23.2 Å². The molecular weight excluding hydrogens is 382 g/mol. The Kier molecular flexibility index (Phi) is 6.91. The van der Waals surface area contributed by atoms with Crippen LogP contribution in [0.1, 0.15) is 26.3 Å². The fourth-order valence-electron chi connectivity index (χ4n) is 2.89. The Morgan fingerprint density at radius 3 is 1.90 bits per heavy atom. The summed E-state index contributed by atoms with van der Waals surface area (Å²) in [6.45, 7) is 0. The van der Waals surface area contributed by atoms with E-state index in [1.54, 1.807) is 41.9 Å². The topological polar surface area (TPSA) is 108 Å². The highest BCUT2D eigenvalue weighted by Gasteiger charge is 2.22. The lowest BCUT2D eigenvalue weighted by Crippen LogP contribution is -2.45. The molecule has 3 aromatic rings. The first-order chi connectivity index (χ1) is 14.6. The molecule has 0 aliphatic carbocycles. The second-order valence-electron chi connectivity index (χ2n) is 6.59. The first kappa shape index (κ1) is 20.8. The molecular formula is C23H21N3O4. The van der Waals surface area contributed by atoms with Gasteiger partial charge in [-0.2, -0.15) is 0 Å². The number of hydroxylamine groups is 1. The van der Waals surface area contributed by atoms with Gasteiger partial charge in [0.25, 0.3) is 11.8 Å². The number of hydrogen-bond acceptors (Lipinski definition) is 4. The lowest BCUT2D eigenvalue weighted by atomic mass is 10.0. The minimum Gasteiger partial charge on any atom is -0.340 e. The smallest absolute Gasteiger partial charge is 0.274 e. The van der Waals surface area contributed by atoms with Crippen molar-refractivity contribution < 1.29 is 19.6 Å². The Hall–Kier alpha value is -3.97. The van der Waals surface area contributed by atoms with Crippen LogP contribution in [0.3, 0.4) is 0 Å². The van der Waals surface area contributed by atoms with E-state index in [0.717, 1.165) is 5.56 Å². The lowest BCUT2D eigenvalue weighted by Gasteiger charge is -2.19. The van der Waals surface area contributed by atoms with E-state index >= 15 is 0 Å². The average molecular weight is 403 g/mol. The second-order valence-corrected chi connectivity index (χ2v) is 6.59. The largest absolute Gasteiger partial charge is 0.340 e. The summed E-state index contributed by atoms with van der Waals surface area (Å²) in [4.78, 5) is 36.9. The van der Waals surface area contributed by atoms with E-state index in [1.807, 2.05) is 36.4 Å². The summed E-state index contributed by atoms with van der Waals surface area (Å²) in [5.74, 6) is -1.38. The molecule has 4 N–H and O–H groups in total. The first-order valence-corrected chi connectivity index (χ1v) is 9.32. The Morgan fingerprint density at radius 2 is 1.30 bits per heavy atom. The van der Waals surface area contributed by atoms with E-state index in [9.17, 15) is 14.4 Å². The van der Waals surface area contributed by atoms with Gasteiger partial charge in [0.05, 0.1) is 0 Å². The SMILES string of the molecule is O=C(NO)c1ccc(NC(=O)[C@H](Cc2ccccc2)NC(=O)c2ccccc2)cc1. The van der Waals surface area contributed by atoms with Gasteiger partial charge in [-0.1, -0.05) is 48.5 Å². The van der Waals surface area contributed by atoms with Gasteiger partial charge in [0.1, 0.15) is 6.04 Å². The number of hydrogen-bond donors (Lipinski definition) is 4. The molecule has 0 aliphatic rings. The quantitative estimate of drug-likeness (QED) is 0.359. The van der Waals surface area contributed by atoms with Crippen LogP contribution in [-0.2, 0) is 11.2 Å². The summed E-state index contributed by atoms with van der Waals surface area (Å²) in [7, 11) is 0. The molecule has 1 atom stereocenters. The van der Waals surface area contributed by atoms with Gasteiger partial charge in [-0.25, -0.2) is 5.48 Å². The van der Waals surface area contributed by atoms with Gasteiger partial charge in [0.15, 0.2) is 0 Å². The van der Waals surface area contributed by atoms with Crippen LogP contribution >= 0.6 is 0 Å². The Morgan fingerprint density at radius 1 is 0.733 bits per heavy atom. The van der Waals surface area contributed by atoms with Crippen molar-refractivity contribution in [3.05, 3.63) is 102 Å². The molecule has 3 amide bonds. The molecule has 7 nitrogen and oxygen atoms in total. The van der Waals surface area contributed by atoms with Crippen LogP contribution in [0.4, 0.5) is 5.69 Å². The van der Waals surface area contributed by atoms with Crippen molar-refractivity contribution in [1.82, 2.24) is 10.8 Å². The van der Waals surface area contributed by atoms with Crippen molar-refractivity contribution in [2.24, 2.45) is 0 Å². The highest BCUT2D eigenvalue weighted by molar-refractivity contribution is 6.01. The van der Waals surface area contributed by atoms with Crippen molar-refractivity contribution in [2.75, 3.05) is 5.32 Å². The molecule has 3 aromatic carbocycles. The molecule has 0 aliphatic heterocycles. The minimum atomic E-state index is -0.805. The van der Waals surface area contributed by atoms with Gasteiger partial charge < -0.3 is 10.6 Å². The average Bonchev–Trinajstić information content (AvgIpc) is 2.79. The molecule has 30 heavy (non-hydrogen) atoms. The molecule has 152 valence electrons. The minimum absolute atomic E-state index is 0.244. The summed E-state index contributed by atoms with van der Waals surface area (Å²) < 4.78 is 0. The zero-order chi connectivity index (χ0) is 21.3. The van der Waals surface area contributed by atoms with Gasteiger partial charge in [-0.3, -0.25) is 19.6 Å². The van der Waals surface area contributed by atoms with Gasteiger partial charge >= 0.3 is 0 Å². The van der Waals surface area contributed by atoms with Crippen LogP contribution in [0.25, 0.3) is 0 Å². The highest BCUT2D eigenvalue weighted by atomic mass is 16.5. The zero-order valence-electron chi connectivity index (χ0n) is 16.0. The monoisotopic (exact) mass is 403 g/mol. The molecule has 0 aromatic heterocycles. The third-order valence-electron chi connectivity index (χ3n) is 4.46. The number of benzene rings is 3. The summed E-state index contributed by atoms with van der Waals surface area (Å²) in [6, 6.07) is 23.3. The number of amides is 3. The number of carbonyl (C=O) groups is 3. The van der Waals surface area contributed by atoms with E-state index in [-0.39, 0.29) is 17.4 Å². The van der Waals surface area contributed by atoms with Gasteiger partial charge in [0.2, 0.25) is 5.91 Å². The maximum absolute atomic E-state index is 12.9. The van der Waals surface area contributed by atoms with E-state index in [0.29, 0.717) is 17.7 Å². The first-order valence-electron chi connectivity index (χ1n) is 9.32. The number of anilines is 1. The van der Waals surface area contributed by atoms with Crippen LogP contribution in [0, 0.1) is 0 Å². The fraction of sp³-hybridized carbons (Fsp3) is 0.0870. The molecule has 0 radical (unpaired) electrons. The zero-order valence-corrected chi connectivity index (χ0v) is 16.0. The normalized spacial score (nSPS) is 11.2. The molecule has 0 bridgehead atoms. The number of carbonyl (C=O) groups excluding carboxylic acids is 3. The van der Waals surface area contributed by atoms with Gasteiger partial charge in [-0.05, 0) is 42.0 Å². The summed E-state index contributed by atoms with van der Waals surface area (Å²) in [5, 5.41) is 14.2. The molecule has 0 saturated carbocycles. The number of rotatable bonds is 7. The molecule has 0 spiro atoms. The second kappa shape index (κ2) is 9.99. The van der Waals surface area contributed by atoms with Crippen molar-refractivity contribution in [1.29, 1.82) is 0 Å². The van der Waals surface area contributed by atoms with Crippen molar-refractivity contribution in [2.45, 2.75) is 12.5 Å². The highest BCUT2D eigenvalue weighted by Crippen LogP contribution is 2.12. The van der Waals surface area contributed by atoms with Crippen LogP contribution in [0.15, 0.2) is 84.9 Å². The standard InChI is InChI=1S/C23H21N3O4/c27-21(17-9-5-2-6-10-17)25-20(15-16-7-3-1-4-8-16)23(29)24-19-13-11-18(12-14-19)22(28)26-30/h1-14,20,30H,15H2,(H,24,29)(H,25,27)(H,26,28)/t20-/m0/s1. The van der Waals surface area contributed by atoms with Crippen LogP contribution in [0.2, 0.25) is 0 Å². The third kappa shape index (κ3) is 5.52. The maximum atomic E-state index is 12.9. The van der Waals surface area contributed by atoms with Crippen LogP contribution in [0.5, 0.6) is 0 Å². The van der Waals surface area contributed by atoms with Crippen molar-refractivity contribution in [3.63, 3.8) is 0 Å². The van der Waals surface area contributed by atoms with Crippen LogP contribution in [-0.4, -0.2) is 29.0 Å². The maximum Gasteiger partial charge on any atom is 0.274 e. The third-order valence-corrected chi connectivity index (χ3v) is 4.46. The van der Waals surface area contributed by atoms with Crippen molar-refractivity contribution in [3.8, 4) is 0 Å². The molecule has 0 unspecified atom stereocenters. The summed E-state index contributed by atoms with van der Waals surface area (Å²) >= 11 is 0. The molecule has 7 heteroatoms.